The average molecular weight is 455 g/mol. The zero-order valence-electron chi connectivity index (χ0n) is 15.4. The number of sulfonamides is 1. The molecule has 4 rings (SSSR count). The van der Waals surface area contributed by atoms with Crippen molar-refractivity contribution in [3.05, 3.63) is 34.3 Å². The van der Waals surface area contributed by atoms with E-state index in [9.17, 15) is 13.2 Å². The molecule has 2 saturated carbocycles. The van der Waals surface area contributed by atoms with Gasteiger partial charge in [-0.2, -0.15) is 0 Å². The van der Waals surface area contributed by atoms with Crippen LogP contribution >= 0.6 is 15.9 Å². The van der Waals surface area contributed by atoms with Crippen molar-refractivity contribution >= 4 is 31.9 Å². The van der Waals surface area contributed by atoms with Gasteiger partial charge < -0.3 is 5.32 Å². The van der Waals surface area contributed by atoms with E-state index in [0.717, 1.165) is 22.4 Å². The second-order valence-corrected chi connectivity index (χ2v) is 11.2. The van der Waals surface area contributed by atoms with Gasteiger partial charge in [0.2, 0.25) is 15.9 Å². The molecule has 3 unspecified atom stereocenters. The van der Waals surface area contributed by atoms with Gasteiger partial charge in [-0.05, 0) is 61.6 Å². The molecule has 0 aromatic heterocycles. The van der Waals surface area contributed by atoms with Crippen molar-refractivity contribution in [2.24, 2.45) is 17.8 Å². The molecule has 1 saturated heterocycles. The number of carbonyl (C=O) groups excluding carboxylic acids is 1. The SMILES string of the molecule is O=C(NC1CC2CCC1C2)C1CCN(S(=O)(=O)Cc2ccc(Br)cc2)CC1. The molecule has 3 fully saturated rings. The van der Waals surface area contributed by atoms with Crippen LogP contribution in [0.4, 0.5) is 0 Å². The molecule has 7 heteroatoms. The standard InChI is InChI=1S/C20H27BrN2O3S/c21-18-5-2-14(3-6-18)13-27(25,26)23-9-7-16(8-10-23)20(24)22-19-12-15-1-4-17(19)11-15/h2-3,5-6,15-17,19H,1,4,7-13H2,(H,22,24). The molecular weight excluding hydrogens is 428 g/mol. The monoisotopic (exact) mass is 454 g/mol. The number of hydrogen-bond acceptors (Lipinski definition) is 3. The van der Waals surface area contributed by atoms with Crippen LogP contribution < -0.4 is 5.32 Å². The molecule has 1 aliphatic heterocycles. The fourth-order valence-electron chi connectivity index (χ4n) is 5.00. The van der Waals surface area contributed by atoms with E-state index in [1.807, 2.05) is 24.3 Å². The second kappa shape index (κ2) is 7.84. The highest BCUT2D eigenvalue weighted by molar-refractivity contribution is 9.10. The summed E-state index contributed by atoms with van der Waals surface area (Å²) in [5.74, 6) is 1.58. The van der Waals surface area contributed by atoms with Crippen molar-refractivity contribution in [2.45, 2.75) is 50.3 Å². The lowest BCUT2D eigenvalue weighted by Gasteiger charge is -2.32. The molecular formula is C20H27BrN2O3S. The summed E-state index contributed by atoms with van der Waals surface area (Å²) >= 11 is 3.37. The van der Waals surface area contributed by atoms with Gasteiger partial charge in [-0.25, -0.2) is 12.7 Å². The Labute approximate surface area is 170 Å². The Morgan fingerprint density at radius 3 is 2.37 bits per heavy atom. The van der Waals surface area contributed by atoms with E-state index in [1.54, 1.807) is 4.31 Å². The number of fused-ring (bicyclic) bond motifs is 2. The Balaban J connectivity index is 1.29. The van der Waals surface area contributed by atoms with Crippen LogP contribution in [0.5, 0.6) is 0 Å². The highest BCUT2D eigenvalue weighted by Gasteiger charge is 2.41. The summed E-state index contributed by atoms with van der Waals surface area (Å²) in [7, 11) is -3.34. The number of benzene rings is 1. The third-order valence-electron chi connectivity index (χ3n) is 6.55. The van der Waals surface area contributed by atoms with Crippen LogP contribution in [-0.4, -0.2) is 37.8 Å². The van der Waals surface area contributed by atoms with Crippen molar-refractivity contribution in [2.75, 3.05) is 13.1 Å². The van der Waals surface area contributed by atoms with Gasteiger partial charge in [0.1, 0.15) is 0 Å². The third-order valence-corrected chi connectivity index (χ3v) is 8.92. The molecule has 27 heavy (non-hydrogen) atoms. The van der Waals surface area contributed by atoms with Crippen molar-refractivity contribution in [3.8, 4) is 0 Å². The summed E-state index contributed by atoms with van der Waals surface area (Å²) in [6.45, 7) is 0.876. The largest absolute Gasteiger partial charge is 0.353 e. The van der Waals surface area contributed by atoms with Crippen LogP contribution in [0.3, 0.4) is 0 Å². The molecule has 1 aromatic rings. The molecule has 5 nitrogen and oxygen atoms in total. The molecule has 1 amide bonds. The van der Waals surface area contributed by atoms with Gasteiger partial charge in [0, 0.05) is 29.5 Å². The molecule has 1 aromatic carbocycles. The van der Waals surface area contributed by atoms with Gasteiger partial charge in [-0.3, -0.25) is 4.79 Å². The summed E-state index contributed by atoms with van der Waals surface area (Å²) in [5.41, 5.74) is 0.786. The van der Waals surface area contributed by atoms with Gasteiger partial charge in [0.05, 0.1) is 5.75 Å². The molecule has 0 spiro atoms. The molecule has 2 bridgehead atoms. The molecule has 3 atom stereocenters. The number of nitrogens with zero attached hydrogens (tertiary/aromatic N) is 1. The topological polar surface area (TPSA) is 66.5 Å². The Morgan fingerprint density at radius 1 is 1.07 bits per heavy atom. The van der Waals surface area contributed by atoms with E-state index in [-0.39, 0.29) is 17.6 Å². The van der Waals surface area contributed by atoms with Crippen LogP contribution in [0.15, 0.2) is 28.7 Å². The van der Waals surface area contributed by atoms with Gasteiger partial charge in [0.25, 0.3) is 0 Å². The van der Waals surface area contributed by atoms with Crippen molar-refractivity contribution in [1.82, 2.24) is 9.62 Å². The van der Waals surface area contributed by atoms with Crippen LogP contribution in [0.25, 0.3) is 0 Å². The quantitative estimate of drug-likeness (QED) is 0.741. The second-order valence-electron chi connectivity index (χ2n) is 8.35. The van der Waals surface area contributed by atoms with Gasteiger partial charge in [0.15, 0.2) is 0 Å². The molecule has 1 heterocycles. The summed E-state index contributed by atoms with van der Waals surface area (Å²) < 4.78 is 27.9. The van der Waals surface area contributed by atoms with Gasteiger partial charge >= 0.3 is 0 Å². The van der Waals surface area contributed by atoms with Crippen molar-refractivity contribution in [3.63, 3.8) is 0 Å². The first-order valence-corrected chi connectivity index (χ1v) is 12.3. The highest BCUT2D eigenvalue weighted by Crippen LogP contribution is 2.44. The van der Waals surface area contributed by atoms with Crippen LogP contribution in [0.2, 0.25) is 0 Å². The predicted octanol–water partition coefficient (Wildman–Crippen LogP) is 3.30. The lowest BCUT2D eigenvalue weighted by atomic mass is 9.93. The van der Waals surface area contributed by atoms with Gasteiger partial charge in [-0.1, -0.05) is 34.5 Å². The van der Waals surface area contributed by atoms with E-state index < -0.39 is 10.0 Å². The van der Waals surface area contributed by atoms with E-state index >= 15 is 0 Å². The van der Waals surface area contributed by atoms with Gasteiger partial charge in [-0.15, -0.1) is 0 Å². The number of amides is 1. The van der Waals surface area contributed by atoms with Crippen LogP contribution in [-0.2, 0) is 20.6 Å². The number of piperidine rings is 1. The van der Waals surface area contributed by atoms with E-state index in [1.165, 1.54) is 19.3 Å². The Hall–Kier alpha value is -0.920. The highest BCUT2D eigenvalue weighted by atomic mass is 79.9. The molecule has 0 radical (unpaired) electrons. The fourth-order valence-corrected chi connectivity index (χ4v) is 6.83. The Bertz CT molecular complexity index is 788. The van der Waals surface area contributed by atoms with E-state index in [2.05, 4.69) is 21.2 Å². The minimum atomic E-state index is -3.34. The smallest absolute Gasteiger partial charge is 0.223 e. The Kier molecular flexibility index (Phi) is 5.63. The molecule has 3 aliphatic rings. The number of halogens is 1. The maximum atomic E-state index is 12.7. The molecule has 1 N–H and O–H groups in total. The first-order chi connectivity index (χ1) is 12.9. The lowest BCUT2D eigenvalue weighted by molar-refractivity contribution is -0.127. The van der Waals surface area contributed by atoms with Crippen LogP contribution in [0, 0.1) is 17.8 Å². The summed E-state index contributed by atoms with van der Waals surface area (Å²) in [5, 5.41) is 3.27. The normalized spacial score (nSPS) is 29.1. The predicted molar refractivity (Wildman–Crippen MR) is 108 cm³/mol. The van der Waals surface area contributed by atoms with Crippen molar-refractivity contribution in [1.29, 1.82) is 0 Å². The molecule has 2 aliphatic carbocycles. The number of hydrogen-bond donors (Lipinski definition) is 1. The summed E-state index contributed by atoms with van der Waals surface area (Å²) in [4.78, 5) is 12.6. The maximum absolute atomic E-state index is 12.7. The fraction of sp³-hybridized carbons (Fsp3) is 0.650. The maximum Gasteiger partial charge on any atom is 0.223 e. The Morgan fingerprint density at radius 2 is 1.78 bits per heavy atom. The number of nitrogens with one attached hydrogen (secondary N) is 1. The minimum absolute atomic E-state index is 0.0162. The zero-order chi connectivity index (χ0) is 19.0. The summed E-state index contributed by atoms with van der Waals surface area (Å²) in [6, 6.07) is 7.73. The first-order valence-electron chi connectivity index (χ1n) is 9.93. The zero-order valence-corrected chi connectivity index (χ0v) is 17.8. The first kappa shape index (κ1) is 19.4. The van der Waals surface area contributed by atoms with E-state index in [0.29, 0.717) is 37.9 Å². The summed E-state index contributed by atoms with van der Waals surface area (Å²) in [6.07, 6.45) is 6.22. The number of carbonyl (C=O) groups is 1. The van der Waals surface area contributed by atoms with E-state index in [4.69, 9.17) is 0 Å². The van der Waals surface area contributed by atoms with Crippen molar-refractivity contribution < 1.29 is 13.2 Å². The lowest BCUT2D eigenvalue weighted by Crippen LogP contribution is -2.46. The molecule has 148 valence electrons. The number of rotatable bonds is 5. The van der Waals surface area contributed by atoms with Crippen LogP contribution in [0.1, 0.15) is 44.1 Å². The minimum Gasteiger partial charge on any atom is -0.353 e. The average Bonchev–Trinajstić information content (AvgIpc) is 3.27. The third kappa shape index (κ3) is 4.40.